The maximum absolute atomic E-state index is 12.1. The van der Waals surface area contributed by atoms with E-state index >= 15 is 0 Å². The fourth-order valence-electron chi connectivity index (χ4n) is 2.41. The number of likely N-dealkylation sites (N-methyl/N-ethyl adjacent to an activating group) is 1. The smallest absolute Gasteiger partial charge is 0.230 e. The molecule has 2 aromatic heterocycles. The van der Waals surface area contributed by atoms with Crippen molar-refractivity contribution in [1.29, 1.82) is 0 Å². The van der Waals surface area contributed by atoms with Crippen LogP contribution >= 0.6 is 23.1 Å². The van der Waals surface area contributed by atoms with Gasteiger partial charge in [0.05, 0.1) is 5.75 Å². The van der Waals surface area contributed by atoms with Crippen LogP contribution < -0.4 is 5.32 Å². The predicted molar refractivity (Wildman–Crippen MR) is 103 cm³/mol. The van der Waals surface area contributed by atoms with Gasteiger partial charge < -0.3 is 10.2 Å². The van der Waals surface area contributed by atoms with Crippen molar-refractivity contribution in [3.05, 3.63) is 16.8 Å². The largest absolute Gasteiger partial charge is 0.354 e. The Balaban J connectivity index is 1.93. The molecule has 0 spiro atoms. The van der Waals surface area contributed by atoms with Gasteiger partial charge in [0, 0.05) is 23.4 Å². The summed E-state index contributed by atoms with van der Waals surface area (Å²) in [6.07, 6.45) is 0.996. The Bertz CT molecular complexity index is 683. The first-order valence-corrected chi connectivity index (χ1v) is 10.3. The van der Waals surface area contributed by atoms with Crippen LogP contribution in [0.15, 0.2) is 11.1 Å². The highest BCUT2D eigenvalue weighted by Gasteiger charge is 2.12. The van der Waals surface area contributed by atoms with E-state index in [1.165, 1.54) is 16.6 Å². The Morgan fingerprint density at radius 1 is 1.29 bits per heavy atom. The zero-order valence-electron chi connectivity index (χ0n) is 14.9. The zero-order valence-corrected chi connectivity index (χ0v) is 16.5. The minimum absolute atomic E-state index is 0.0579. The van der Waals surface area contributed by atoms with Crippen molar-refractivity contribution in [3.8, 4) is 0 Å². The second-order valence-corrected chi connectivity index (χ2v) is 7.61. The number of rotatable bonds is 9. The standard InChI is InChI=1S/C17H26N4OS2/c1-5-13-10-14-16(19-12(4)20-17(14)24-13)23-11-15(22)18-8-9-21(6-2)7-3/h10H,5-9,11H2,1-4H3,(H,18,22). The van der Waals surface area contributed by atoms with E-state index in [0.29, 0.717) is 12.3 Å². The Hall–Kier alpha value is -1.18. The van der Waals surface area contributed by atoms with E-state index in [-0.39, 0.29) is 5.91 Å². The van der Waals surface area contributed by atoms with Crippen LogP contribution in [0.25, 0.3) is 10.2 Å². The molecule has 1 amide bonds. The summed E-state index contributed by atoms with van der Waals surface area (Å²) in [7, 11) is 0. The number of thioether (sulfide) groups is 1. The van der Waals surface area contributed by atoms with Crippen LogP contribution in [0.1, 0.15) is 31.5 Å². The first kappa shape index (κ1) is 19.1. The molecule has 5 nitrogen and oxygen atoms in total. The Kier molecular flexibility index (Phi) is 7.45. The average molecular weight is 367 g/mol. The van der Waals surface area contributed by atoms with Crippen molar-refractivity contribution < 1.29 is 4.79 Å². The quantitative estimate of drug-likeness (QED) is 0.546. The minimum atomic E-state index is 0.0579. The lowest BCUT2D eigenvalue weighted by molar-refractivity contribution is -0.118. The Labute approximate surface area is 152 Å². The number of carbonyl (C=O) groups is 1. The van der Waals surface area contributed by atoms with Crippen molar-refractivity contribution in [2.45, 2.75) is 39.1 Å². The molecule has 2 rings (SSSR count). The van der Waals surface area contributed by atoms with Crippen LogP contribution in [0.4, 0.5) is 0 Å². The lowest BCUT2D eigenvalue weighted by atomic mass is 10.3. The molecule has 0 saturated heterocycles. The first-order valence-electron chi connectivity index (χ1n) is 8.46. The lowest BCUT2D eigenvalue weighted by Gasteiger charge is -2.17. The number of thiophene rings is 1. The van der Waals surface area contributed by atoms with Crippen LogP contribution in [-0.2, 0) is 11.2 Å². The SMILES string of the molecule is CCc1cc2c(SCC(=O)NCCN(CC)CC)nc(C)nc2s1. The van der Waals surface area contributed by atoms with E-state index < -0.39 is 0 Å². The summed E-state index contributed by atoms with van der Waals surface area (Å²) in [6, 6.07) is 2.15. The van der Waals surface area contributed by atoms with Crippen LogP contribution in [0.5, 0.6) is 0 Å². The number of carbonyl (C=O) groups excluding carboxylic acids is 1. The van der Waals surface area contributed by atoms with E-state index in [4.69, 9.17) is 0 Å². The predicted octanol–water partition coefficient (Wildman–Crippen LogP) is 3.11. The van der Waals surface area contributed by atoms with Gasteiger partial charge in [-0.1, -0.05) is 32.5 Å². The molecule has 2 aromatic rings. The summed E-state index contributed by atoms with van der Waals surface area (Å²) in [5, 5.41) is 4.97. The van der Waals surface area contributed by atoms with Crippen molar-refractivity contribution in [1.82, 2.24) is 20.2 Å². The van der Waals surface area contributed by atoms with Gasteiger partial charge in [0.25, 0.3) is 0 Å². The molecule has 2 heterocycles. The molecule has 0 saturated carbocycles. The van der Waals surface area contributed by atoms with Gasteiger partial charge in [0.2, 0.25) is 5.91 Å². The van der Waals surface area contributed by atoms with Gasteiger partial charge in [-0.2, -0.15) is 0 Å². The van der Waals surface area contributed by atoms with E-state index in [1.54, 1.807) is 11.3 Å². The van der Waals surface area contributed by atoms with Crippen molar-refractivity contribution in [2.24, 2.45) is 0 Å². The Morgan fingerprint density at radius 2 is 2.04 bits per heavy atom. The molecule has 0 aliphatic rings. The lowest BCUT2D eigenvalue weighted by Crippen LogP contribution is -2.35. The van der Waals surface area contributed by atoms with Gasteiger partial charge >= 0.3 is 0 Å². The summed E-state index contributed by atoms with van der Waals surface area (Å²) in [5.41, 5.74) is 0. The van der Waals surface area contributed by atoms with E-state index in [0.717, 1.165) is 47.1 Å². The zero-order chi connectivity index (χ0) is 17.5. The maximum Gasteiger partial charge on any atom is 0.230 e. The summed E-state index contributed by atoms with van der Waals surface area (Å²) in [5.74, 6) is 1.21. The van der Waals surface area contributed by atoms with E-state index in [9.17, 15) is 4.79 Å². The molecule has 7 heteroatoms. The topological polar surface area (TPSA) is 58.1 Å². The molecule has 0 fully saturated rings. The molecule has 24 heavy (non-hydrogen) atoms. The molecular weight excluding hydrogens is 340 g/mol. The van der Waals surface area contributed by atoms with Gasteiger partial charge in [-0.3, -0.25) is 4.79 Å². The van der Waals surface area contributed by atoms with Crippen LogP contribution in [0.2, 0.25) is 0 Å². The highest BCUT2D eigenvalue weighted by molar-refractivity contribution is 8.00. The second kappa shape index (κ2) is 9.34. The molecule has 0 unspecified atom stereocenters. The summed E-state index contributed by atoms with van der Waals surface area (Å²) < 4.78 is 0. The van der Waals surface area contributed by atoms with Gasteiger partial charge in [-0.15, -0.1) is 11.3 Å². The van der Waals surface area contributed by atoms with Gasteiger partial charge in [0.1, 0.15) is 15.7 Å². The molecular formula is C17H26N4OS2. The van der Waals surface area contributed by atoms with Crippen LogP contribution in [0.3, 0.4) is 0 Å². The third-order valence-corrected chi connectivity index (χ3v) is 6.02. The number of aryl methyl sites for hydroxylation is 2. The number of hydrogen-bond donors (Lipinski definition) is 1. The first-order chi connectivity index (χ1) is 11.6. The maximum atomic E-state index is 12.1. The van der Waals surface area contributed by atoms with Gasteiger partial charge in [-0.05, 0) is 32.5 Å². The minimum Gasteiger partial charge on any atom is -0.354 e. The monoisotopic (exact) mass is 366 g/mol. The van der Waals surface area contributed by atoms with E-state index in [1.807, 2.05) is 6.92 Å². The fraction of sp³-hybridized carbons (Fsp3) is 0.588. The van der Waals surface area contributed by atoms with Crippen LogP contribution in [0, 0.1) is 6.92 Å². The third-order valence-electron chi connectivity index (χ3n) is 3.85. The number of nitrogens with zero attached hydrogens (tertiary/aromatic N) is 3. The molecule has 0 aliphatic heterocycles. The summed E-state index contributed by atoms with van der Waals surface area (Å²) in [4.78, 5) is 25.7. The molecule has 0 aromatic carbocycles. The molecule has 132 valence electrons. The molecule has 1 N–H and O–H groups in total. The number of nitrogens with one attached hydrogen (secondary N) is 1. The molecule has 0 bridgehead atoms. The third kappa shape index (κ3) is 5.16. The highest BCUT2D eigenvalue weighted by Crippen LogP contribution is 2.31. The molecule has 0 radical (unpaired) electrons. The number of fused-ring (bicyclic) bond motifs is 1. The van der Waals surface area contributed by atoms with Gasteiger partial charge in [-0.25, -0.2) is 9.97 Å². The second-order valence-electron chi connectivity index (χ2n) is 5.53. The normalized spacial score (nSPS) is 11.4. The summed E-state index contributed by atoms with van der Waals surface area (Å²) in [6.45, 7) is 11.9. The van der Waals surface area contributed by atoms with Gasteiger partial charge in [0.15, 0.2) is 0 Å². The van der Waals surface area contributed by atoms with Crippen molar-refractivity contribution in [3.63, 3.8) is 0 Å². The molecule has 0 atom stereocenters. The average Bonchev–Trinajstić information content (AvgIpc) is 2.99. The number of hydrogen-bond acceptors (Lipinski definition) is 6. The number of aromatic nitrogens is 2. The Morgan fingerprint density at radius 3 is 2.71 bits per heavy atom. The van der Waals surface area contributed by atoms with Crippen LogP contribution in [-0.4, -0.2) is 52.7 Å². The molecule has 0 aliphatic carbocycles. The highest BCUT2D eigenvalue weighted by atomic mass is 32.2. The fourth-order valence-corrected chi connectivity index (χ4v) is 4.36. The van der Waals surface area contributed by atoms with E-state index in [2.05, 4.69) is 47.0 Å². The number of amides is 1. The van der Waals surface area contributed by atoms with Crippen molar-refractivity contribution in [2.75, 3.05) is 31.9 Å². The van der Waals surface area contributed by atoms with Crippen molar-refractivity contribution >= 4 is 39.2 Å². The summed E-state index contributed by atoms with van der Waals surface area (Å²) >= 11 is 3.21.